The first-order valence-electron chi connectivity index (χ1n) is 6.90. The summed E-state index contributed by atoms with van der Waals surface area (Å²) in [7, 11) is 0. The van der Waals surface area contributed by atoms with E-state index in [1.54, 1.807) is 24.3 Å². The number of aromatic amines is 2. The summed E-state index contributed by atoms with van der Waals surface area (Å²) in [5.41, 5.74) is -0.219. The normalized spacial score (nSPS) is 12.0. The molecule has 1 aromatic heterocycles. The Morgan fingerprint density at radius 3 is 2.33 bits per heavy atom. The molecule has 0 amide bonds. The van der Waals surface area contributed by atoms with Crippen LogP contribution in [0.15, 0.2) is 69.6 Å². The molecule has 0 saturated carbocycles. The van der Waals surface area contributed by atoms with Crippen LogP contribution in [-0.4, -0.2) is 10.2 Å². The lowest BCUT2D eigenvalue weighted by Crippen LogP contribution is -2.03. The van der Waals surface area contributed by atoms with Crippen molar-refractivity contribution >= 4 is 11.4 Å². The predicted molar refractivity (Wildman–Crippen MR) is 82.5 cm³/mol. The van der Waals surface area contributed by atoms with Crippen LogP contribution in [0.5, 0.6) is 0 Å². The Labute approximate surface area is 133 Å². The molecule has 122 valence electrons. The molecule has 1 heterocycles. The molecule has 0 aliphatic rings. The van der Waals surface area contributed by atoms with Crippen LogP contribution in [0.1, 0.15) is 5.56 Å². The quantitative estimate of drug-likeness (QED) is 0.664. The molecule has 2 aromatic carbocycles. The Balaban J connectivity index is 1.97. The van der Waals surface area contributed by atoms with Crippen LogP contribution in [0.3, 0.4) is 0 Å². The van der Waals surface area contributed by atoms with Crippen LogP contribution in [0.25, 0.3) is 11.3 Å². The molecule has 24 heavy (non-hydrogen) atoms. The van der Waals surface area contributed by atoms with Crippen molar-refractivity contribution in [3.8, 4) is 11.3 Å². The van der Waals surface area contributed by atoms with Crippen LogP contribution >= 0.6 is 0 Å². The predicted octanol–water partition coefficient (Wildman–Crippen LogP) is 4.80. The molecule has 0 spiro atoms. The molecule has 5 nitrogen and oxygen atoms in total. The van der Waals surface area contributed by atoms with Crippen LogP contribution < -0.4 is 5.56 Å². The van der Waals surface area contributed by atoms with Crippen molar-refractivity contribution in [3.05, 3.63) is 70.5 Å². The number of nitrogens with zero attached hydrogens (tertiary/aromatic N) is 2. The van der Waals surface area contributed by atoms with E-state index in [4.69, 9.17) is 0 Å². The molecule has 0 aliphatic carbocycles. The number of nitrogens with one attached hydrogen (secondary N) is 2. The molecule has 0 saturated heterocycles. The molecule has 0 radical (unpaired) electrons. The highest BCUT2D eigenvalue weighted by atomic mass is 19.4. The average molecular weight is 332 g/mol. The average Bonchev–Trinajstić information content (AvgIpc) is 2.94. The maximum absolute atomic E-state index is 12.7. The summed E-state index contributed by atoms with van der Waals surface area (Å²) in [6.07, 6.45) is -4.47. The van der Waals surface area contributed by atoms with Gasteiger partial charge in [-0.05, 0) is 18.2 Å². The van der Waals surface area contributed by atoms with E-state index in [9.17, 15) is 18.0 Å². The van der Waals surface area contributed by atoms with E-state index in [-0.39, 0.29) is 11.4 Å². The summed E-state index contributed by atoms with van der Waals surface area (Å²) in [4.78, 5) is 11.8. The highest BCUT2D eigenvalue weighted by molar-refractivity contribution is 5.71. The fourth-order valence-corrected chi connectivity index (χ4v) is 2.11. The fraction of sp³-hybridized carbons (Fsp3) is 0.0625. The number of hydrogen-bond donors (Lipinski definition) is 2. The second kappa shape index (κ2) is 6.15. The van der Waals surface area contributed by atoms with E-state index >= 15 is 0 Å². The third-order valence-electron chi connectivity index (χ3n) is 3.25. The second-order valence-electron chi connectivity index (χ2n) is 4.92. The number of rotatable bonds is 3. The van der Waals surface area contributed by atoms with Crippen molar-refractivity contribution in [2.45, 2.75) is 6.18 Å². The Morgan fingerprint density at radius 1 is 0.875 bits per heavy atom. The Bertz CT molecular complexity index is 926. The van der Waals surface area contributed by atoms with Crippen LogP contribution in [-0.2, 0) is 6.18 Å². The van der Waals surface area contributed by atoms with E-state index in [0.717, 1.165) is 12.1 Å². The zero-order valence-electron chi connectivity index (χ0n) is 12.1. The van der Waals surface area contributed by atoms with Gasteiger partial charge in [-0.1, -0.05) is 36.4 Å². The van der Waals surface area contributed by atoms with Gasteiger partial charge in [0.1, 0.15) is 0 Å². The lowest BCUT2D eigenvalue weighted by atomic mass is 10.1. The third-order valence-corrected chi connectivity index (χ3v) is 3.25. The maximum Gasteiger partial charge on any atom is 0.416 e. The largest absolute Gasteiger partial charge is 0.416 e. The first-order chi connectivity index (χ1) is 11.4. The van der Waals surface area contributed by atoms with Gasteiger partial charge >= 0.3 is 6.18 Å². The van der Waals surface area contributed by atoms with E-state index in [2.05, 4.69) is 20.4 Å². The lowest BCUT2D eigenvalue weighted by molar-refractivity contribution is -0.137. The SMILES string of the molecule is O=c1[nH][nH]c(-c2ccccc2)c1N=Nc1cccc(C(F)(F)F)c1. The monoisotopic (exact) mass is 332 g/mol. The van der Waals surface area contributed by atoms with Crippen molar-refractivity contribution in [2.24, 2.45) is 10.2 Å². The van der Waals surface area contributed by atoms with Crippen molar-refractivity contribution in [3.63, 3.8) is 0 Å². The highest BCUT2D eigenvalue weighted by Gasteiger charge is 2.30. The van der Waals surface area contributed by atoms with Crippen molar-refractivity contribution in [2.75, 3.05) is 0 Å². The van der Waals surface area contributed by atoms with E-state index < -0.39 is 17.3 Å². The Morgan fingerprint density at radius 2 is 1.62 bits per heavy atom. The van der Waals surface area contributed by atoms with Crippen molar-refractivity contribution in [1.29, 1.82) is 0 Å². The van der Waals surface area contributed by atoms with Crippen LogP contribution in [0.4, 0.5) is 24.5 Å². The van der Waals surface area contributed by atoms with Gasteiger partial charge in [-0.25, -0.2) is 0 Å². The molecule has 0 bridgehead atoms. The van der Waals surface area contributed by atoms with E-state index in [0.29, 0.717) is 11.3 Å². The number of azo groups is 1. The molecule has 3 aromatic rings. The van der Waals surface area contributed by atoms with Gasteiger partial charge in [0.25, 0.3) is 5.56 Å². The van der Waals surface area contributed by atoms with E-state index in [1.807, 2.05) is 6.07 Å². The minimum absolute atomic E-state index is 0.00129. The number of H-pyrrole nitrogens is 2. The molecular formula is C16H11F3N4O. The van der Waals surface area contributed by atoms with Gasteiger partial charge in [-0.2, -0.15) is 18.3 Å². The van der Waals surface area contributed by atoms with Gasteiger partial charge in [-0.3, -0.25) is 15.0 Å². The van der Waals surface area contributed by atoms with Gasteiger partial charge in [0, 0.05) is 5.56 Å². The van der Waals surface area contributed by atoms with Crippen molar-refractivity contribution < 1.29 is 13.2 Å². The lowest BCUT2D eigenvalue weighted by Gasteiger charge is -2.05. The Hall–Kier alpha value is -3.16. The zero-order valence-corrected chi connectivity index (χ0v) is 12.1. The molecule has 2 N–H and O–H groups in total. The van der Waals surface area contributed by atoms with Crippen LogP contribution in [0.2, 0.25) is 0 Å². The third kappa shape index (κ3) is 3.27. The Kier molecular flexibility index (Phi) is 4.03. The first kappa shape index (κ1) is 15.7. The minimum atomic E-state index is -4.47. The fourth-order valence-electron chi connectivity index (χ4n) is 2.11. The summed E-state index contributed by atoms with van der Waals surface area (Å²) in [5, 5.41) is 12.7. The van der Waals surface area contributed by atoms with Crippen LogP contribution in [0, 0.1) is 0 Å². The number of aromatic nitrogens is 2. The van der Waals surface area contributed by atoms with Crippen molar-refractivity contribution in [1.82, 2.24) is 10.2 Å². The summed E-state index contributed by atoms with van der Waals surface area (Å²) in [6.45, 7) is 0. The smallest absolute Gasteiger partial charge is 0.295 e. The molecule has 0 atom stereocenters. The highest BCUT2D eigenvalue weighted by Crippen LogP contribution is 2.32. The summed E-state index contributed by atoms with van der Waals surface area (Å²) >= 11 is 0. The molecule has 0 aliphatic heterocycles. The summed E-state index contributed by atoms with van der Waals surface area (Å²) in [6, 6.07) is 13.3. The number of halogens is 3. The number of alkyl halides is 3. The standard InChI is InChI=1S/C16H11F3N4O/c17-16(18,19)11-7-4-8-12(9-11)20-22-14-13(21-23-15(14)24)10-5-2-1-3-6-10/h1-9H,(H2,21,23,24). The molecular weight excluding hydrogens is 321 g/mol. The molecule has 0 unspecified atom stereocenters. The zero-order chi connectivity index (χ0) is 17.2. The first-order valence-corrected chi connectivity index (χ1v) is 6.90. The van der Waals surface area contributed by atoms with Gasteiger partial charge < -0.3 is 0 Å². The number of benzene rings is 2. The van der Waals surface area contributed by atoms with Gasteiger partial charge in [-0.15, -0.1) is 5.11 Å². The van der Waals surface area contributed by atoms with Gasteiger partial charge in [0.2, 0.25) is 0 Å². The molecule has 0 fully saturated rings. The van der Waals surface area contributed by atoms with E-state index in [1.165, 1.54) is 12.1 Å². The minimum Gasteiger partial charge on any atom is -0.295 e. The summed E-state index contributed by atoms with van der Waals surface area (Å²) in [5.74, 6) is 0. The summed E-state index contributed by atoms with van der Waals surface area (Å²) < 4.78 is 38.1. The topological polar surface area (TPSA) is 73.4 Å². The van der Waals surface area contributed by atoms with Gasteiger partial charge in [0.15, 0.2) is 5.69 Å². The molecule has 8 heteroatoms. The molecule has 3 rings (SSSR count). The van der Waals surface area contributed by atoms with Gasteiger partial charge in [0.05, 0.1) is 16.9 Å². The number of hydrogen-bond acceptors (Lipinski definition) is 3. The maximum atomic E-state index is 12.7. The second-order valence-corrected chi connectivity index (χ2v) is 4.92.